The number of aromatic nitrogens is 2. The molecule has 1 heterocycles. The van der Waals surface area contributed by atoms with Gasteiger partial charge in [-0.3, -0.25) is 0 Å². The maximum atomic E-state index is 4.22. The van der Waals surface area contributed by atoms with Gasteiger partial charge in [0.05, 0.1) is 3.57 Å². The maximum Gasteiger partial charge on any atom is 0.142 e. The van der Waals surface area contributed by atoms with Gasteiger partial charge in [-0.2, -0.15) is 0 Å². The molecule has 1 rings (SSSR count). The molecule has 0 unspecified atom stereocenters. The summed E-state index contributed by atoms with van der Waals surface area (Å²) < 4.78 is 1.06. The topological polar surface area (TPSA) is 41.0 Å². The lowest BCUT2D eigenvalue weighted by Gasteiger charge is -2.28. The summed E-state index contributed by atoms with van der Waals surface area (Å²) in [4.78, 5) is 10.4. The van der Waals surface area contributed by atoms with Gasteiger partial charge in [0.2, 0.25) is 0 Å². The Morgan fingerprint density at radius 2 is 2.12 bits per heavy atom. The molecule has 0 atom stereocenters. The highest BCUT2D eigenvalue weighted by molar-refractivity contribution is 14.1. The molecule has 0 aromatic carbocycles. The van der Waals surface area contributed by atoms with Crippen molar-refractivity contribution in [3.05, 3.63) is 16.1 Å². The van der Waals surface area contributed by atoms with E-state index in [0.29, 0.717) is 0 Å². The Balaban J connectivity index is 2.54. The number of anilines is 1. The van der Waals surface area contributed by atoms with E-state index in [1.165, 1.54) is 0 Å². The zero-order valence-corrected chi connectivity index (χ0v) is 12.4. The Kier molecular flexibility index (Phi) is 4.91. The van der Waals surface area contributed by atoms with Crippen molar-refractivity contribution in [2.24, 2.45) is 5.41 Å². The van der Waals surface area contributed by atoms with Gasteiger partial charge in [0.25, 0.3) is 0 Å². The highest BCUT2D eigenvalue weighted by Crippen LogP contribution is 2.19. The third kappa shape index (κ3) is 4.61. The smallest absolute Gasteiger partial charge is 0.142 e. The van der Waals surface area contributed by atoms with Crippen molar-refractivity contribution in [2.45, 2.75) is 13.8 Å². The summed E-state index contributed by atoms with van der Waals surface area (Å²) in [6.45, 7) is 6.43. The van der Waals surface area contributed by atoms with E-state index in [4.69, 9.17) is 0 Å². The second-order valence-corrected chi connectivity index (χ2v) is 6.14. The molecule has 1 N–H and O–H groups in total. The minimum absolute atomic E-state index is 0.220. The largest absolute Gasteiger partial charge is 0.369 e. The Labute approximate surface area is 111 Å². The molecule has 0 bridgehead atoms. The van der Waals surface area contributed by atoms with Gasteiger partial charge in [0.1, 0.15) is 12.1 Å². The molecule has 1 aromatic heterocycles. The monoisotopic (exact) mass is 334 g/mol. The quantitative estimate of drug-likeness (QED) is 0.837. The van der Waals surface area contributed by atoms with Crippen LogP contribution in [-0.4, -0.2) is 42.1 Å². The van der Waals surface area contributed by atoms with Gasteiger partial charge >= 0.3 is 0 Å². The fourth-order valence-electron chi connectivity index (χ4n) is 1.68. The standard InChI is InChI=1S/C11H19IN4/c1-11(2,7-16(3)4)6-14-10-9(12)5-13-8-15-10/h5,8H,6-7H2,1-4H3,(H,13,14,15). The highest BCUT2D eigenvalue weighted by atomic mass is 127. The van der Waals surface area contributed by atoms with Crippen molar-refractivity contribution in [1.29, 1.82) is 0 Å². The van der Waals surface area contributed by atoms with Crippen LogP contribution < -0.4 is 5.32 Å². The molecule has 4 nitrogen and oxygen atoms in total. The minimum atomic E-state index is 0.220. The molecule has 5 heteroatoms. The van der Waals surface area contributed by atoms with Crippen LogP contribution in [0, 0.1) is 8.99 Å². The van der Waals surface area contributed by atoms with E-state index in [2.05, 4.69) is 70.7 Å². The average molecular weight is 334 g/mol. The first-order chi connectivity index (χ1) is 7.41. The van der Waals surface area contributed by atoms with Crippen LogP contribution in [0.1, 0.15) is 13.8 Å². The number of hydrogen-bond acceptors (Lipinski definition) is 4. The zero-order valence-electron chi connectivity index (χ0n) is 10.3. The van der Waals surface area contributed by atoms with E-state index in [9.17, 15) is 0 Å². The van der Waals surface area contributed by atoms with E-state index in [1.54, 1.807) is 6.33 Å². The molecule has 0 saturated heterocycles. The molecule has 0 aliphatic rings. The van der Waals surface area contributed by atoms with E-state index in [-0.39, 0.29) is 5.41 Å². The summed E-state index contributed by atoms with van der Waals surface area (Å²) in [5.74, 6) is 0.919. The van der Waals surface area contributed by atoms with Gasteiger partial charge in [-0.1, -0.05) is 13.8 Å². The Morgan fingerprint density at radius 3 is 2.69 bits per heavy atom. The van der Waals surface area contributed by atoms with Gasteiger partial charge in [-0.25, -0.2) is 9.97 Å². The molecule has 16 heavy (non-hydrogen) atoms. The van der Waals surface area contributed by atoms with Gasteiger partial charge in [-0.05, 0) is 42.1 Å². The lowest BCUT2D eigenvalue weighted by molar-refractivity contribution is 0.254. The predicted molar refractivity (Wildman–Crippen MR) is 75.6 cm³/mol. The SMILES string of the molecule is CN(C)CC(C)(C)CNc1ncncc1I. The molecule has 90 valence electrons. The van der Waals surface area contributed by atoms with Crippen molar-refractivity contribution in [3.8, 4) is 0 Å². The summed E-state index contributed by atoms with van der Waals surface area (Å²) in [5, 5.41) is 3.37. The number of halogens is 1. The first-order valence-corrected chi connectivity index (χ1v) is 6.33. The summed E-state index contributed by atoms with van der Waals surface area (Å²) in [6, 6.07) is 0. The fourth-order valence-corrected chi connectivity index (χ4v) is 2.17. The van der Waals surface area contributed by atoms with Gasteiger partial charge in [-0.15, -0.1) is 0 Å². The van der Waals surface area contributed by atoms with Gasteiger partial charge in [0.15, 0.2) is 0 Å². The van der Waals surface area contributed by atoms with Crippen LogP contribution in [0.5, 0.6) is 0 Å². The number of nitrogens with zero attached hydrogens (tertiary/aromatic N) is 3. The van der Waals surface area contributed by atoms with Crippen LogP contribution in [0.15, 0.2) is 12.5 Å². The van der Waals surface area contributed by atoms with Crippen LogP contribution in [0.2, 0.25) is 0 Å². The zero-order chi connectivity index (χ0) is 12.2. The van der Waals surface area contributed by atoms with E-state index < -0.39 is 0 Å². The van der Waals surface area contributed by atoms with Crippen molar-refractivity contribution in [2.75, 3.05) is 32.5 Å². The first kappa shape index (κ1) is 13.6. The van der Waals surface area contributed by atoms with Crippen molar-refractivity contribution < 1.29 is 0 Å². The Bertz CT molecular complexity index is 339. The van der Waals surface area contributed by atoms with Gasteiger partial charge in [0, 0.05) is 19.3 Å². The normalized spacial score (nSPS) is 11.9. The molecule has 0 radical (unpaired) electrons. The maximum absolute atomic E-state index is 4.22. The van der Waals surface area contributed by atoms with Crippen LogP contribution in [0.3, 0.4) is 0 Å². The predicted octanol–water partition coefficient (Wildman–Crippen LogP) is 2.08. The van der Waals surface area contributed by atoms with Crippen LogP contribution in [0.25, 0.3) is 0 Å². The summed E-state index contributed by atoms with van der Waals surface area (Å²) >= 11 is 2.24. The van der Waals surface area contributed by atoms with Crippen molar-refractivity contribution in [1.82, 2.24) is 14.9 Å². The van der Waals surface area contributed by atoms with Crippen LogP contribution >= 0.6 is 22.6 Å². The van der Waals surface area contributed by atoms with E-state index in [0.717, 1.165) is 22.5 Å². The molecular formula is C11H19IN4. The third-order valence-electron chi connectivity index (χ3n) is 2.15. The number of nitrogens with one attached hydrogen (secondary N) is 1. The summed E-state index contributed by atoms with van der Waals surface area (Å²) in [6.07, 6.45) is 3.39. The average Bonchev–Trinajstić information content (AvgIpc) is 2.14. The summed E-state index contributed by atoms with van der Waals surface area (Å²) in [5.41, 5.74) is 0.220. The third-order valence-corrected chi connectivity index (χ3v) is 2.94. The lowest BCUT2D eigenvalue weighted by atomic mass is 9.93. The molecule has 0 aliphatic carbocycles. The van der Waals surface area contributed by atoms with E-state index >= 15 is 0 Å². The lowest BCUT2D eigenvalue weighted by Crippen LogP contribution is -2.34. The number of hydrogen-bond donors (Lipinski definition) is 1. The van der Waals surface area contributed by atoms with Crippen LogP contribution in [0.4, 0.5) is 5.82 Å². The highest BCUT2D eigenvalue weighted by Gasteiger charge is 2.19. The molecule has 0 saturated carbocycles. The molecule has 0 spiro atoms. The fraction of sp³-hybridized carbons (Fsp3) is 0.636. The summed E-state index contributed by atoms with van der Waals surface area (Å²) in [7, 11) is 4.19. The molecule has 0 fully saturated rings. The molecule has 1 aromatic rings. The molecule has 0 amide bonds. The van der Waals surface area contributed by atoms with Crippen molar-refractivity contribution in [3.63, 3.8) is 0 Å². The van der Waals surface area contributed by atoms with Gasteiger partial charge < -0.3 is 10.2 Å². The second kappa shape index (κ2) is 5.77. The first-order valence-electron chi connectivity index (χ1n) is 5.25. The molecule has 0 aliphatic heterocycles. The minimum Gasteiger partial charge on any atom is -0.369 e. The Hall–Kier alpha value is -0.430. The number of rotatable bonds is 5. The van der Waals surface area contributed by atoms with Crippen molar-refractivity contribution >= 4 is 28.4 Å². The Morgan fingerprint density at radius 1 is 1.44 bits per heavy atom. The van der Waals surface area contributed by atoms with Crippen LogP contribution in [-0.2, 0) is 0 Å². The second-order valence-electron chi connectivity index (χ2n) is 4.97. The molecular weight excluding hydrogens is 315 g/mol. The van der Waals surface area contributed by atoms with E-state index in [1.807, 2.05) is 6.20 Å².